The van der Waals surface area contributed by atoms with E-state index in [2.05, 4.69) is 27.3 Å². The van der Waals surface area contributed by atoms with Crippen LogP contribution in [-0.2, 0) is 15.1 Å². The lowest BCUT2D eigenvalue weighted by atomic mass is 9.70. The Morgan fingerprint density at radius 1 is 1.03 bits per heavy atom. The van der Waals surface area contributed by atoms with E-state index in [9.17, 15) is 9.59 Å². The highest BCUT2D eigenvalue weighted by Crippen LogP contribution is 2.69. The van der Waals surface area contributed by atoms with Gasteiger partial charge >= 0.3 is 0 Å². The molecule has 3 saturated heterocycles. The second-order valence-corrected chi connectivity index (χ2v) is 10.2. The van der Waals surface area contributed by atoms with Crippen molar-refractivity contribution in [3.8, 4) is 0 Å². The number of anilines is 1. The van der Waals surface area contributed by atoms with E-state index in [1.807, 2.05) is 47.4 Å². The molecule has 4 atom stereocenters. The molecule has 0 radical (unpaired) electrons. The Balaban J connectivity index is 1.58. The zero-order chi connectivity index (χ0) is 20.8. The number of nitrogens with zero attached hydrogens (tertiary/aromatic N) is 3. The Kier molecular flexibility index (Phi) is 3.47. The first-order valence-electron chi connectivity index (χ1n) is 11.0. The topological polar surface area (TPSA) is 65.0 Å². The van der Waals surface area contributed by atoms with E-state index >= 15 is 0 Å². The van der Waals surface area contributed by atoms with Gasteiger partial charge in [-0.25, -0.2) is 0 Å². The minimum absolute atomic E-state index is 0.0452. The molecule has 1 N–H and O–H groups in total. The molecule has 0 aromatic heterocycles. The minimum atomic E-state index is -1.03. The lowest BCUT2D eigenvalue weighted by Crippen LogP contribution is -2.62. The molecule has 0 aliphatic carbocycles. The third-order valence-electron chi connectivity index (χ3n) is 7.76. The summed E-state index contributed by atoms with van der Waals surface area (Å²) in [6, 6.07) is 18.4. The number of carbonyl (C=O) groups excluding carboxylic acids is 2. The summed E-state index contributed by atoms with van der Waals surface area (Å²) >= 11 is 1.55. The molecule has 5 aliphatic rings. The quantitative estimate of drug-likeness (QED) is 0.756. The van der Waals surface area contributed by atoms with Gasteiger partial charge in [-0.1, -0.05) is 60.3 Å². The molecule has 5 aliphatic heterocycles. The highest BCUT2D eigenvalue weighted by molar-refractivity contribution is 8.16. The lowest BCUT2D eigenvalue weighted by Gasteiger charge is -2.42. The van der Waals surface area contributed by atoms with Gasteiger partial charge in [-0.3, -0.25) is 24.4 Å². The van der Waals surface area contributed by atoms with E-state index < -0.39 is 10.3 Å². The molecule has 156 valence electrons. The molecule has 7 heteroatoms. The average molecular weight is 431 g/mol. The molecule has 2 amide bonds. The van der Waals surface area contributed by atoms with E-state index in [0.717, 1.165) is 41.4 Å². The summed E-state index contributed by atoms with van der Waals surface area (Å²) in [7, 11) is 0. The number of thioether (sulfide) groups is 1. The van der Waals surface area contributed by atoms with Crippen LogP contribution in [0.1, 0.15) is 29.9 Å². The fourth-order valence-electron chi connectivity index (χ4n) is 6.79. The van der Waals surface area contributed by atoms with Gasteiger partial charge in [0.15, 0.2) is 10.7 Å². The van der Waals surface area contributed by atoms with Gasteiger partial charge in [0.05, 0.1) is 6.54 Å². The normalized spacial score (nSPS) is 35.6. The van der Waals surface area contributed by atoms with Gasteiger partial charge in [0.1, 0.15) is 4.75 Å². The number of hydrogen-bond acceptors (Lipinski definition) is 5. The average Bonchev–Trinajstić information content (AvgIpc) is 3.56. The van der Waals surface area contributed by atoms with Gasteiger partial charge in [0, 0.05) is 29.8 Å². The van der Waals surface area contributed by atoms with E-state index in [1.54, 1.807) is 11.8 Å². The van der Waals surface area contributed by atoms with Crippen LogP contribution >= 0.6 is 11.8 Å². The summed E-state index contributed by atoms with van der Waals surface area (Å²) in [5.41, 5.74) is 1.87. The molecule has 2 aromatic rings. The fraction of sp³-hybridized carbons (Fsp3) is 0.375. The molecule has 3 fully saturated rings. The van der Waals surface area contributed by atoms with Crippen molar-refractivity contribution in [1.82, 2.24) is 9.80 Å². The van der Waals surface area contributed by atoms with Crippen LogP contribution in [0.5, 0.6) is 0 Å². The third-order valence-corrected chi connectivity index (χ3v) is 9.34. The zero-order valence-corrected chi connectivity index (χ0v) is 17.8. The van der Waals surface area contributed by atoms with Crippen LogP contribution in [0.2, 0.25) is 0 Å². The molecule has 6 nitrogen and oxygen atoms in total. The number of amides is 2. The van der Waals surface area contributed by atoms with E-state index in [4.69, 9.17) is 0 Å². The number of amidine groups is 1. The minimum Gasteiger partial charge on any atom is -0.324 e. The van der Waals surface area contributed by atoms with Crippen molar-refractivity contribution in [2.24, 2.45) is 4.99 Å². The van der Waals surface area contributed by atoms with E-state index in [1.165, 1.54) is 0 Å². The van der Waals surface area contributed by atoms with Crippen LogP contribution < -0.4 is 5.32 Å². The van der Waals surface area contributed by atoms with Crippen LogP contribution in [0.3, 0.4) is 0 Å². The Morgan fingerprint density at radius 3 is 2.68 bits per heavy atom. The first kappa shape index (κ1) is 18.0. The number of fused-ring (bicyclic) bond motifs is 6. The smallest absolute Gasteiger partial charge is 0.251 e. The monoisotopic (exact) mass is 430 g/mol. The molecule has 31 heavy (non-hydrogen) atoms. The van der Waals surface area contributed by atoms with Crippen molar-refractivity contribution < 1.29 is 9.59 Å². The van der Waals surface area contributed by atoms with Crippen LogP contribution in [0.15, 0.2) is 59.6 Å². The van der Waals surface area contributed by atoms with Crippen molar-refractivity contribution in [2.45, 2.75) is 35.1 Å². The number of rotatable bonds is 1. The summed E-state index contributed by atoms with van der Waals surface area (Å²) in [5, 5.41) is 3.93. The van der Waals surface area contributed by atoms with Gasteiger partial charge in [0.25, 0.3) is 5.91 Å². The summed E-state index contributed by atoms with van der Waals surface area (Å²) in [6.45, 7) is 2.06. The summed E-state index contributed by atoms with van der Waals surface area (Å²) in [4.78, 5) is 37.2. The van der Waals surface area contributed by atoms with Gasteiger partial charge in [-0.05, 0) is 31.0 Å². The first-order chi connectivity index (χ1) is 15.2. The number of aliphatic imine (C=N–C) groups is 1. The van der Waals surface area contributed by atoms with Gasteiger partial charge in [0.2, 0.25) is 5.91 Å². The van der Waals surface area contributed by atoms with Crippen LogP contribution in [-0.4, -0.2) is 57.2 Å². The molecule has 7 rings (SSSR count). The highest BCUT2D eigenvalue weighted by atomic mass is 32.2. The fourth-order valence-corrected chi connectivity index (χ4v) is 8.61. The maximum Gasteiger partial charge on any atom is 0.251 e. The first-order valence-corrected chi connectivity index (χ1v) is 11.8. The van der Waals surface area contributed by atoms with E-state index in [-0.39, 0.29) is 23.8 Å². The molecule has 5 heterocycles. The van der Waals surface area contributed by atoms with Crippen molar-refractivity contribution in [2.75, 3.05) is 25.0 Å². The number of carbonyl (C=O) groups is 2. The highest BCUT2D eigenvalue weighted by Gasteiger charge is 2.81. The van der Waals surface area contributed by atoms with Crippen LogP contribution in [0, 0.1) is 0 Å². The SMILES string of the molecule is O=C1N2CCN=C2S[C@@]12[C@H](c1ccccc1)[C@H]1CCCN1[C@]21C(=O)Nc2ccccc21. The van der Waals surface area contributed by atoms with E-state index in [0.29, 0.717) is 13.1 Å². The van der Waals surface area contributed by atoms with Crippen LogP contribution in [0.25, 0.3) is 0 Å². The predicted octanol–water partition coefficient (Wildman–Crippen LogP) is 2.78. The summed E-state index contributed by atoms with van der Waals surface area (Å²) < 4.78 is -0.963. The maximum absolute atomic E-state index is 14.4. The van der Waals surface area contributed by atoms with Crippen molar-refractivity contribution >= 4 is 34.4 Å². The Bertz CT molecular complexity index is 1170. The van der Waals surface area contributed by atoms with Crippen molar-refractivity contribution in [1.29, 1.82) is 0 Å². The molecule has 0 unspecified atom stereocenters. The maximum atomic E-state index is 14.4. The molecular formula is C24H22N4O2S. The zero-order valence-electron chi connectivity index (χ0n) is 17.0. The number of hydrogen-bond donors (Lipinski definition) is 1. The lowest BCUT2D eigenvalue weighted by molar-refractivity contribution is -0.138. The van der Waals surface area contributed by atoms with Crippen molar-refractivity contribution in [3.05, 3.63) is 65.7 Å². The second kappa shape index (κ2) is 5.99. The third kappa shape index (κ3) is 1.90. The number of nitrogens with one attached hydrogen (secondary N) is 1. The summed E-state index contributed by atoms with van der Waals surface area (Å²) in [6.07, 6.45) is 2.02. The predicted molar refractivity (Wildman–Crippen MR) is 120 cm³/mol. The Labute approximate surface area is 184 Å². The summed E-state index contributed by atoms with van der Waals surface area (Å²) in [5.74, 6) is -0.107. The van der Waals surface area contributed by atoms with Crippen molar-refractivity contribution in [3.63, 3.8) is 0 Å². The Morgan fingerprint density at radius 2 is 1.84 bits per heavy atom. The van der Waals surface area contributed by atoms with Crippen LogP contribution in [0.4, 0.5) is 5.69 Å². The number of benzene rings is 2. The molecule has 2 spiro atoms. The standard InChI is InChI=1S/C24H22N4O2S/c29-20-23(16-9-4-5-10-17(16)26-20)24(21(30)27-14-12-25-22(27)31-24)19(15-7-2-1-3-8-15)18-11-6-13-28(18)23/h1-5,7-10,18-19H,6,11-14H2,(H,26,29)/t18-,19-,23-,24+/m1/s1. The van der Waals surface area contributed by atoms with Gasteiger partial charge < -0.3 is 5.32 Å². The van der Waals surface area contributed by atoms with Gasteiger partial charge in [-0.15, -0.1) is 0 Å². The second-order valence-electron chi connectivity index (χ2n) is 8.96. The largest absolute Gasteiger partial charge is 0.324 e. The van der Waals surface area contributed by atoms with Gasteiger partial charge in [-0.2, -0.15) is 0 Å². The molecule has 2 aromatic carbocycles. The Hall–Kier alpha value is -2.64. The molecule has 0 saturated carbocycles. The molecule has 0 bridgehead atoms. The molecular weight excluding hydrogens is 408 g/mol. The number of para-hydroxylation sites is 1.